The Morgan fingerprint density at radius 3 is 2.60 bits per heavy atom. The van der Waals surface area contributed by atoms with Crippen LogP contribution in [0.4, 0.5) is 0 Å². The first kappa shape index (κ1) is 17.2. The summed E-state index contributed by atoms with van der Waals surface area (Å²) in [5.41, 5.74) is 5.66. The number of hydrazone groups is 1. The largest absolute Gasteiger partial charge is 0.289 e. The van der Waals surface area contributed by atoms with E-state index in [0.717, 1.165) is 5.56 Å². The number of nitrogens with zero attached hydrogens (tertiary/aromatic N) is 2. The molecule has 1 amide bonds. The minimum absolute atomic E-state index is 0.283. The first-order chi connectivity index (χ1) is 12.0. The Balaban J connectivity index is 1.75. The van der Waals surface area contributed by atoms with E-state index in [9.17, 15) is 4.79 Å². The molecule has 0 spiro atoms. The van der Waals surface area contributed by atoms with Crippen molar-refractivity contribution in [3.8, 4) is 11.3 Å². The molecule has 0 saturated carbocycles. The van der Waals surface area contributed by atoms with Gasteiger partial charge in [-0.15, -0.1) is 0 Å². The lowest BCUT2D eigenvalue weighted by Gasteiger charge is -2.01. The summed E-state index contributed by atoms with van der Waals surface area (Å²) in [4.78, 5) is 12.2. The van der Waals surface area contributed by atoms with E-state index >= 15 is 0 Å². The van der Waals surface area contributed by atoms with Crippen molar-refractivity contribution in [2.24, 2.45) is 5.10 Å². The highest BCUT2D eigenvalue weighted by Crippen LogP contribution is 2.29. The first-order valence-corrected chi connectivity index (χ1v) is 8.21. The van der Waals surface area contributed by atoms with Crippen molar-refractivity contribution >= 4 is 34.8 Å². The Hall–Kier alpha value is -2.63. The molecule has 0 aliphatic carbocycles. The van der Waals surface area contributed by atoms with Crippen molar-refractivity contribution < 1.29 is 4.79 Å². The van der Waals surface area contributed by atoms with Gasteiger partial charge in [0.25, 0.3) is 5.91 Å². The molecule has 1 heterocycles. The topological polar surface area (TPSA) is 70.1 Å². The Bertz CT molecular complexity index is 935. The lowest BCUT2D eigenvalue weighted by molar-refractivity contribution is 0.0950. The van der Waals surface area contributed by atoms with Crippen molar-refractivity contribution in [1.29, 1.82) is 0 Å². The molecule has 0 atom stereocenters. The second-order valence-corrected chi connectivity index (χ2v) is 6.14. The smallest absolute Gasteiger partial charge is 0.272 e. The van der Waals surface area contributed by atoms with Gasteiger partial charge in [0.1, 0.15) is 5.69 Å². The summed E-state index contributed by atoms with van der Waals surface area (Å²) in [6.07, 6.45) is 0. The zero-order valence-corrected chi connectivity index (χ0v) is 14.8. The summed E-state index contributed by atoms with van der Waals surface area (Å²) in [6.45, 7) is 1.82. The number of aromatic nitrogens is 2. The predicted octanol–water partition coefficient (Wildman–Crippen LogP) is 4.54. The highest BCUT2D eigenvalue weighted by molar-refractivity contribution is 6.36. The van der Waals surface area contributed by atoms with E-state index in [0.29, 0.717) is 27.0 Å². The number of carbonyl (C=O) groups is 1. The number of benzene rings is 2. The number of rotatable bonds is 4. The third kappa shape index (κ3) is 4.07. The molecule has 3 rings (SSSR count). The van der Waals surface area contributed by atoms with E-state index in [-0.39, 0.29) is 11.6 Å². The number of hydrogen-bond donors (Lipinski definition) is 2. The fraction of sp³-hybridized carbons (Fsp3) is 0.0556. The van der Waals surface area contributed by atoms with Gasteiger partial charge in [-0.3, -0.25) is 9.89 Å². The average Bonchev–Trinajstić information content (AvgIpc) is 3.10. The van der Waals surface area contributed by atoms with Gasteiger partial charge in [0, 0.05) is 10.6 Å². The normalized spacial score (nSPS) is 11.4. The van der Waals surface area contributed by atoms with Crippen molar-refractivity contribution in [1.82, 2.24) is 15.6 Å². The number of hydrogen-bond acceptors (Lipinski definition) is 3. The zero-order valence-electron chi connectivity index (χ0n) is 13.3. The molecule has 2 aromatic carbocycles. The van der Waals surface area contributed by atoms with Crippen molar-refractivity contribution in [2.75, 3.05) is 0 Å². The van der Waals surface area contributed by atoms with Crippen molar-refractivity contribution in [3.05, 3.63) is 75.9 Å². The molecule has 5 nitrogen and oxygen atoms in total. The van der Waals surface area contributed by atoms with Crippen LogP contribution in [0, 0.1) is 0 Å². The van der Waals surface area contributed by atoms with Crippen LogP contribution in [-0.2, 0) is 0 Å². The highest BCUT2D eigenvalue weighted by atomic mass is 35.5. The summed E-state index contributed by atoms with van der Waals surface area (Å²) in [6, 6.07) is 16.3. The van der Waals surface area contributed by atoms with Crippen molar-refractivity contribution in [3.63, 3.8) is 0 Å². The minimum Gasteiger partial charge on any atom is -0.272 e. The van der Waals surface area contributed by atoms with E-state index in [1.807, 2.05) is 37.3 Å². The van der Waals surface area contributed by atoms with Crippen LogP contribution in [-0.4, -0.2) is 21.8 Å². The van der Waals surface area contributed by atoms with Gasteiger partial charge < -0.3 is 0 Å². The van der Waals surface area contributed by atoms with Gasteiger partial charge in [-0.1, -0.05) is 53.5 Å². The van der Waals surface area contributed by atoms with Gasteiger partial charge in [-0.2, -0.15) is 10.2 Å². The average molecular weight is 373 g/mol. The molecule has 126 valence electrons. The number of halogens is 2. The third-order valence-electron chi connectivity index (χ3n) is 3.55. The van der Waals surface area contributed by atoms with Crippen LogP contribution in [0.3, 0.4) is 0 Å². The molecular formula is C18H14Cl2N4O. The summed E-state index contributed by atoms with van der Waals surface area (Å²) in [5.74, 6) is -0.390. The Morgan fingerprint density at radius 2 is 1.88 bits per heavy atom. The molecule has 0 bridgehead atoms. The van der Waals surface area contributed by atoms with Gasteiger partial charge in [0.2, 0.25) is 0 Å². The van der Waals surface area contributed by atoms with E-state index in [1.54, 1.807) is 24.3 Å². The molecule has 0 unspecified atom stereocenters. The van der Waals surface area contributed by atoms with E-state index in [2.05, 4.69) is 20.7 Å². The van der Waals surface area contributed by atoms with Crippen LogP contribution in [0.25, 0.3) is 11.3 Å². The molecule has 0 aliphatic heterocycles. The van der Waals surface area contributed by atoms with E-state index in [4.69, 9.17) is 23.2 Å². The first-order valence-electron chi connectivity index (χ1n) is 7.45. The molecule has 0 aliphatic rings. The molecule has 0 fully saturated rings. The molecule has 3 aromatic rings. The molecule has 0 radical (unpaired) electrons. The maximum Gasteiger partial charge on any atom is 0.289 e. The van der Waals surface area contributed by atoms with E-state index in [1.165, 1.54) is 0 Å². The maximum absolute atomic E-state index is 12.2. The summed E-state index contributed by atoms with van der Waals surface area (Å²) < 4.78 is 0. The second kappa shape index (κ2) is 7.51. The van der Waals surface area contributed by atoms with Crippen LogP contribution >= 0.6 is 23.2 Å². The Labute approximate surface area is 154 Å². The molecule has 1 aromatic heterocycles. The van der Waals surface area contributed by atoms with Crippen molar-refractivity contribution in [2.45, 2.75) is 6.92 Å². The minimum atomic E-state index is -0.390. The van der Waals surface area contributed by atoms with Crippen LogP contribution in [0.5, 0.6) is 0 Å². The number of amides is 1. The maximum atomic E-state index is 12.2. The number of H-pyrrole nitrogens is 1. The fourth-order valence-electron chi connectivity index (χ4n) is 2.21. The number of nitrogens with one attached hydrogen (secondary N) is 2. The zero-order chi connectivity index (χ0) is 17.8. The second-order valence-electron chi connectivity index (χ2n) is 5.30. The molecule has 0 saturated heterocycles. The summed E-state index contributed by atoms with van der Waals surface area (Å²) in [5, 5.41) is 11.9. The van der Waals surface area contributed by atoms with Gasteiger partial charge in [-0.05, 0) is 36.8 Å². The number of carbonyl (C=O) groups excluding carboxylic acids is 1. The van der Waals surface area contributed by atoms with Crippen LogP contribution in [0.15, 0.2) is 59.7 Å². The Morgan fingerprint density at radius 1 is 1.12 bits per heavy atom. The molecule has 25 heavy (non-hydrogen) atoms. The standard InChI is InChI=1S/C18H14Cl2N4O/c1-11(12-5-3-2-4-6-12)21-24-18(25)17-10-16(22-23-17)14-8-7-13(19)9-15(14)20/h2-10H,1H3,(H,22,23)(H,24,25)/b21-11-. The summed E-state index contributed by atoms with van der Waals surface area (Å²) >= 11 is 12.1. The van der Waals surface area contributed by atoms with E-state index < -0.39 is 0 Å². The van der Waals surface area contributed by atoms with Gasteiger partial charge in [-0.25, -0.2) is 5.43 Å². The van der Waals surface area contributed by atoms with Crippen LogP contribution in [0.1, 0.15) is 23.0 Å². The van der Waals surface area contributed by atoms with Gasteiger partial charge in [0.15, 0.2) is 0 Å². The highest BCUT2D eigenvalue weighted by Gasteiger charge is 2.13. The fourth-order valence-corrected chi connectivity index (χ4v) is 2.72. The molecule has 7 heteroatoms. The van der Waals surface area contributed by atoms with Crippen LogP contribution in [0.2, 0.25) is 10.0 Å². The van der Waals surface area contributed by atoms with Gasteiger partial charge in [0.05, 0.1) is 16.4 Å². The lowest BCUT2D eigenvalue weighted by atomic mass is 10.1. The summed E-state index contributed by atoms with van der Waals surface area (Å²) in [7, 11) is 0. The molecule has 2 N–H and O–H groups in total. The third-order valence-corrected chi connectivity index (χ3v) is 4.09. The molecular weight excluding hydrogens is 359 g/mol. The van der Waals surface area contributed by atoms with Gasteiger partial charge >= 0.3 is 0 Å². The Kier molecular flexibility index (Phi) is 5.16. The predicted molar refractivity (Wildman–Crippen MR) is 100 cm³/mol. The SMILES string of the molecule is C/C(=N/NC(=O)c1cc(-c2ccc(Cl)cc2Cl)n[nH]1)c1ccccc1. The monoisotopic (exact) mass is 372 g/mol. The number of aromatic amines is 1. The quantitative estimate of drug-likeness (QED) is 0.521. The lowest BCUT2D eigenvalue weighted by Crippen LogP contribution is -2.19. The van der Waals surface area contributed by atoms with Crippen LogP contribution < -0.4 is 5.43 Å².